The third-order valence-electron chi connectivity index (χ3n) is 3.43. The van der Waals surface area contributed by atoms with E-state index in [1.165, 1.54) is 30.4 Å². The Morgan fingerprint density at radius 3 is 1.88 bits per heavy atom. The fourth-order valence-electron chi connectivity index (χ4n) is 1.93. The van der Waals surface area contributed by atoms with Crippen molar-refractivity contribution in [2.75, 3.05) is 30.6 Å². The average molecular weight is 409 g/mol. The van der Waals surface area contributed by atoms with Gasteiger partial charge in [0.1, 0.15) is 18.1 Å². The van der Waals surface area contributed by atoms with Crippen LogP contribution in [0.4, 0.5) is 0 Å². The van der Waals surface area contributed by atoms with Crippen LogP contribution >= 0.6 is 23.5 Å². The number of aliphatic carboxylic acids is 1. The molecule has 0 rings (SSSR count). The van der Waals surface area contributed by atoms with Crippen molar-refractivity contribution < 1.29 is 24.3 Å². The van der Waals surface area contributed by atoms with Crippen molar-refractivity contribution in [1.29, 1.82) is 0 Å². The summed E-state index contributed by atoms with van der Waals surface area (Å²) < 4.78 is 0. The third-order valence-corrected chi connectivity index (χ3v) is 4.71. The second-order valence-corrected chi connectivity index (χ2v) is 7.49. The Morgan fingerprint density at radius 1 is 0.923 bits per heavy atom. The maximum Gasteiger partial charge on any atom is 0.326 e. The molecule has 6 N–H and O–H groups in total. The van der Waals surface area contributed by atoms with E-state index in [9.17, 15) is 24.3 Å². The lowest BCUT2D eigenvalue weighted by Gasteiger charge is -2.23. The lowest BCUT2D eigenvalue weighted by molar-refractivity contribution is -0.142. The molecule has 3 amide bonds. The first-order chi connectivity index (χ1) is 12.3. The second kappa shape index (κ2) is 13.7. The topological polar surface area (TPSA) is 151 Å². The molecule has 3 atom stereocenters. The van der Waals surface area contributed by atoms with E-state index in [4.69, 9.17) is 5.73 Å². The molecule has 0 saturated carbocycles. The highest BCUT2D eigenvalue weighted by Gasteiger charge is 2.27. The van der Waals surface area contributed by atoms with E-state index >= 15 is 0 Å². The Balaban J connectivity index is 4.93. The molecule has 0 saturated heterocycles. The maximum atomic E-state index is 12.5. The summed E-state index contributed by atoms with van der Waals surface area (Å²) in [6, 6.07) is -2.76. The molecule has 0 aliphatic heterocycles. The Morgan fingerprint density at radius 2 is 1.42 bits per heavy atom. The first-order valence-electron chi connectivity index (χ1n) is 8.07. The predicted molar refractivity (Wildman–Crippen MR) is 104 cm³/mol. The molecule has 0 heterocycles. The van der Waals surface area contributed by atoms with E-state index in [-0.39, 0.29) is 13.0 Å². The number of carbonyl (C=O) groups excluding carboxylic acids is 3. The Bertz CT molecular complexity index is 493. The van der Waals surface area contributed by atoms with Crippen molar-refractivity contribution >= 4 is 47.2 Å². The minimum absolute atomic E-state index is 0.246. The van der Waals surface area contributed by atoms with Crippen molar-refractivity contribution in [2.45, 2.75) is 37.9 Å². The van der Waals surface area contributed by atoms with Gasteiger partial charge in [0.2, 0.25) is 17.7 Å². The maximum absolute atomic E-state index is 12.5. The van der Waals surface area contributed by atoms with E-state index in [2.05, 4.69) is 16.0 Å². The monoisotopic (exact) mass is 408 g/mol. The average Bonchev–Trinajstić information content (AvgIpc) is 2.60. The molecule has 0 bridgehead atoms. The normalized spacial score (nSPS) is 14.0. The van der Waals surface area contributed by atoms with E-state index in [0.717, 1.165) is 0 Å². The highest BCUT2D eigenvalue weighted by Crippen LogP contribution is 2.05. The number of amides is 3. The number of carboxylic acid groups (broad SMARTS) is 1. The summed E-state index contributed by atoms with van der Waals surface area (Å²) in [5.74, 6) is -1.51. The lowest BCUT2D eigenvalue weighted by atomic mass is 10.1. The van der Waals surface area contributed by atoms with E-state index in [1.807, 2.05) is 12.5 Å². The van der Waals surface area contributed by atoms with Gasteiger partial charge < -0.3 is 26.8 Å². The molecular weight excluding hydrogens is 380 g/mol. The summed E-state index contributed by atoms with van der Waals surface area (Å²) in [5, 5.41) is 16.7. The fourth-order valence-corrected chi connectivity index (χ4v) is 2.88. The number of carbonyl (C=O) groups is 4. The largest absolute Gasteiger partial charge is 0.480 e. The van der Waals surface area contributed by atoms with Crippen molar-refractivity contribution in [3.05, 3.63) is 0 Å². The number of thioether (sulfide) groups is 2. The van der Waals surface area contributed by atoms with Crippen LogP contribution in [0.3, 0.4) is 0 Å². The molecule has 3 unspecified atom stereocenters. The fraction of sp³-hybridized carbons (Fsp3) is 0.733. The number of carboxylic acids is 1. The molecule has 0 aromatic heterocycles. The zero-order chi connectivity index (χ0) is 20.1. The molecule has 0 aromatic rings. The quantitative estimate of drug-likeness (QED) is 0.261. The van der Waals surface area contributed by atoms with E-state index in [0.29, 0.717) is 17.9 Å². The van der Waals surface area contributed by atoms with Crippen molar-refractivity contribution in [3.63, 3.8) is 0 Å². The summed E-state index contributed by atoms with van der Waals surface area (Å²) in [4.78, 5) is 47.2. The summed E-state index contributed by atoms with van der Waals surface area (Å²) in [7, 11) is 0. The van der Waals surface area contributed by atoms with Gasteiger partial charge >= 0.3 is 5.97 Å². The smallest absolute Gasteiger partial charge is 0.326 e. The molecule has 9 nitrogen and oxygen atoms in total. The Labute approximate surface area is 162 Å². The molecule has 0 aliphatic rings. The zero-order valence-electron chi connectivity index (χ0n) is 15.2. The summed E-state index contributed by atoms with van der Waals surface area (Å²) in [6.45, 7) is 1.23. The zero-order valence-corrected chi connectivity index (χ0v) is 16.9. The SMILES string of the molecule is CSCCC(NC(=O)C(CCSC)NC(=O)C(C)NC(=O)CN)C(=O)O. The van der Waals surface area contributed by atoms with Crippen LogP contribution in [0, 0.1) is 0 Å². The van der Waals surface area contributed by atoms with Crippen LogP contribution in [-0.4, -0.2) is 77.5 Å². The minimum Gasteiger partial charge on any atom is -0.480 e. The molecule has 0 aromatic carbocycles. The van der Waals surface area contributed by atoms with Gasteiger partial charge in [-0.05, 0) is 43.8 Å². The standard InChI is InChI=1S/C15H28N4O5S2/c1-9(17-12(20)8-16)13(21)18-10(4-6-25-2)14(22)19-11(15(23)24)5-7-26-3/h9-11H,4-8,16H2,1-3H3,(H,17,20)(H,18,21)(H,19,22)(H,23,24). The lowest BCUT2D eigenvalue weighted by Crippen LogP contribution is -2.55. The van der Waals surface area contributed by atoms with Crippen LogP contribution < -0.4 is 21.7 Å². The van der Waals surface area contributed by atoms with Gasteiger partial charge in [0.25, 0.3) is 0 Å². The molecule has 0 spiro atoms. The van der Waals surface area contributed by atoms with Crippen LogP contribution in [0.1, 0.15) is 19.8 Å². The van der Waals surface area contributed by atoms with Crippen LogP contribution in [0.2, 0.25) is 0 Å². The van der Waals surface area contributed by atoms with Crippen molar-refractivity contribution in [3.8, 4) is 0 Å². The molecule has 11 heteroatoms. The first kappa shape index (κ1) is 24.5. The Kier molecular flexibility index (Phi) is 12.9. The van der Waals surface area contributed by atoms with Crippen molar-refractivity contribution in [1.82, 2.24) is 16.0 Å². The van der Waals surface area contributed by atoms with Crippen LogP contribution in [0.25, 0.3) is 0 Å². The van der Waals surface area contributed by atoms with Crippen LogP contribution in [-0.2, 0) is 19.2 Å². The van der Waals surface area contributed by atoms with E-state index < -0.39 is 41.8 Å². The highest BCUT2D eigenvalue weighted by atomic mass is 32.2. The van der Waals surface area contributed by atoms with Gasteiger partial charge in [-0.25, -0.2) is 4.79 Å². The highest BCUT2D eigenvalue weighted by molar-refractivity contribution is 7.98. The van der Waals surface area contributed by atoms with Gasteiger partial charge in [0, 0.05) is 0 Å². The van der Waals surface area contributed by atoms with Gasteiger partial charge in [-0.3, -0.25) is 14.4 Å². The van der Waals surface area contributed by atoms with Gasteiger partial charge in [-0.2, -0.15) is 23.5 Å². The number of hydrogen-bond donors (Lipinski definition) is 5. The van der Waals surface area contributed by atoms with Gasteiger partial charge in [-0.15, -0.1) is 0 Å². The Hall–Kier alpha value is -1.46. The van der Waals surface area contributed by atoms with Gasteiger partial charge in [-0.1, -0.05) is 0 Å². The number of nitrogens with two attached hydrogens (primary N) is 1. The van der Waals surface area contributed by atoms with Gasteiger partial charge in [0.05, 0.1) is 6.54 Å². The summed E-state index contributed by atoms with van der Waals surface area (Å²) in [6.07, 6.45) is 4.33. The van der Waals surface area contributed by atoms with E-state index in [1.54, 1.807) is 0 Å². The molecule has 26 heavy (non-hydrogen) atoms. The summed E-state index contributed by atoms with van der Waals surface area (Å²) >= 11 is 2.98. The number of hydrogen-bond acceptors (Lipinski definition) is 7. The minimum atomic E-state index is -1.12. The van der Waals surface area contributed by atoms with Crippen LogP contribution in [0.15, 0.2) is 0 Å². The van der Waals surface area contributed by atoms with Crippen molar-refractivity contribution in [2.24, 2.45) is 5.73 Å². The molecule has 0 aliphatic carbocycles. The molecule has 0 radical (unpaired) electrons. The van der Waals surface area contributed by atoms with Crippen LogP contribution in [0.5, 0.6) is 0 Å². The van der Waals surface area contributed by atoms with Gasteiger partial charge in [0.15, 0.2) is 0 Å². The first-order valence-corrected chi connectivity index (χ1v) is 10.9. The molecule has 0 fully saturated rings. The molecule has 150 valence electrons. The molecular formula is C15H28N4O5S2. The predicted octanol–water partition coefficient (Wildman–Crippen LogP) is -0.990. The number of nitrogens with one attached hydrogen (secondary N) is 3. The third kappa shape index (κ3) is 9.88. The number of rotatable bonds is 13. The summed E-state index contributed by atoms with van der Waals surface area (Å²) in [5.41, 5.74) is 5.19. The second-order valence-electron chi connectivity index (χ2n) is 5.52.